The van der Waals surface area contributed by atoms with Gasteiger partial charge in [-0.3, -0.25) is 0 Å². The van der Waals surface area contributed by atoms with Crippen molar-refractivity contribution >= 4 is 11.7 Å². The van der Waals surface area contributed by atoms with E-state index in [2.05, 4.69) is 35.0 Å². The third-order valence-corrected chi connectivity index (χ3v) is 5.83. The summed E-state index contributed by atoms with van der Waals surface area (Å²) in [6.45, 7) is 8.70. The van der Waals surface area contributed by atoms with Crippen LogP contribution in [-0.4, -0.2) is 52.0 Å². The van der Waals surface area contributed by atoms with Gasteiger partial charge in [0.25, 0.3) is 0 Å². The van der Waals surface area contributed by atoms with Crippen LogP contribution in [0.4, 0.5) is 5.69 Å². The molecule has 0 unspecified atom stereocenters. The average molecular weight is 385 g/mol. The lowest BCUT2D eigenvalue weighted by atomic mass is 9.96. The molecule has 1 aromatic rings. The van der Waals surface area contributed by atoms with Crippen molar-refractivity contribution in [3.05, 3.63) is 28.8 Å². The van der Waals surface area contributed by atoms with Crippen molar-refractivity contribution in [1.29, 1.82) is 0 Å². The van der Waals surface area contributed by atoms with Crippen molar-refractivity contribution in [2.24, 2.45) is 5.92 Å². The first-order valence-electron chi connectivity index (χ1n) is 10.4. The minimum absolute atomic E-state index is 0.299. The summed E-state index contributed by atoms with van der Waals surface area (Å²) in [6.07, 6.45) is 4.18. The molecule has 5 heteroatoms. The van der Waals surface area contributed by atoms with Crippen molar-refractivity contribution in [3.63, 3.8) is 0 Å². The topological polar surface area (TPSA) is 50.8 Å². The number of carbonyl (C=O) groups is 1. The van der Waals surface area contributed by atoms with Gasteiger partial charge in [-0.1, -0.05) is 11.8 Å². The van der Waals surface area contributed by atoms with Crippen molar-refractivity contribution < 1.29 is 14.3 Å². The summed E-state index contributed by atoms with van der Waals surface area (Å²) >= 11 is 0. The molecule has 0 saturated carbocycles. The molecule has 2 aliphatic rings. The van der Waals surface area contributed by atoms with Crippen LogP contribution in [-0.2, 0) is 9.47 Å². The van der Waals surface area contributed by atoms with Crippen LogP contribution in [0.15, 0.2) is 12.1 Å². The number of hydrogen-bond donors (Lipinski definition) is 1. The molecule has 0 atom stereocenters. The van der Waals surface area contributed by atoms with Gasteiger partial charge in [0.05, 0.1) is 12.7 Å². The van der Waals surface area contributed by atoms with Crippen molar-refractivity contribution in [1.82, 2.24) is 5.32 Å². The van der Waals surface area contributed by atoms with Gasteiger partial charge in [-0.2, -0.15) is 0 Å². The fourth-order valence-electron chi connectivity index (χ4n) is 4.17. The van der Waals surface area contributed by atoms with Crippen molar-refractivity contribution in [2.75, 3.05) is 44.9 Å². The predicted octanol–water partition coefficient (Wildman–Crippen LogP) is 3.14. The Labute approximate surface area is 168 Å². The Morgan fingerprint density at radius 1 is 1.25 bits per heavy atom. The normalized spacial score (nSPS) is 18.2. The first kappa shape index (κ1) is 20.7. The molecule has 2 fully saturated rings. The van der Waals surface area contributed by atoms with Gasteiger partial charge < -0.3 is 19.7 Å². The number of benzene rings is 1. The van der Waals surface area contributed by atoms with E-state index in [-0.39, 0.29) is 5.97 Å². The van der Waals surface area contributed by atoms with Gasteiger partial charge in [0.1, 0.15) is 0 Å². The second-order valence-corrected chi connectivity index (χ2v) is 7.58. The summed E-state index contributed by atoms with van der Waals surface area (Å²) in [5.41, 5.74) is 3.56. The maximum Gasteiger partial charge on any atom is 0.338 e. The smallest absolute Gasteiger partial charge is 0.338 e. The quantitative estimate of drug-likeness (QED) is 0.638. The number of esters is 1. The number of methoxy groups -OCH3 is 1. The SMILES string of the molecule is CCN(c1cc(C#CC2CCNCC2)cc(C(=O)OC)c1C)C1CCOCC1. The van der Waals surface area contributed by atoms with Gasteiger partial charge in [0.2, 0.25) is 0 Å². The molecular weight excluding hydrogens is 352 g/mol. The van der Waals surface area contributed by atoms with E-state index >= 15 is 0 Å². The van der Waals surface area contributed by atoms with Crippen LogP contribution in [0.2, 0.25) is 0 Å². The zero-order valence-electron chi connectivity index (χ0n) is 17.3. The zero-order valence-corrected chi connectivity index (χ0v) is 17.3. The van der Waals surface area contributed by atoms with E-state index in [9.17, 15) is 4.79 Å². The molecule has 5 nitrogen and oxygen atoms in total. The zero-order chi connectivity index (χ0) is 19.9. The minimum Gasteiger partial charge on any atom is -0.465 e. The van der Waals surface area contributed by atoms with Crippen LogP contribution in [0.1, 0.15) is 54.1 Å². The molecule has 0 spiro atoms. The van der Waals surface area contributed by atoms with E-state index in [1.165, 1.54) is 7.11 Å². The molecule has 2 saturated heterocycles. The Morgan fingerprint density at radius 3 is 2.61 bits per heavy atom. The van der Waals surface area contributed by atoms with E-state index in [0.29, 0.717) is 17.5 Å². The largest absolute Gasteiger partial charge is 0.465 e. The number of nitrogens with one attached hydrogen (secondary N) is 1. The van der Waals surface area contributed by atoms with Gasteiger partial charge in [-0.25, -0.2) is 4.79 Å². The lowest BCUT2D eigenvalue weighted by molar-refractivity contribution is 0.0599. The van der Waals surface area contributed by atoms with Crippen LogP contribution in [0.3, 0.4) is 0 Å². The number of anilines is 1. The Kier molecular flexibility index (Phi) is 7.36. The van der Waals surface area contributed by atoms with Crippen LogP contribution >= 0.6 is 0 Å². The molecule has 28 heavy (non-hydrogen) atoms. The first-order valence-corrected chi connectivity index (χ1v) is 10.4. The minimum atomic E-state index is -0.299. The summed E-state index contributed by atoms with van der Waals surface area (Å²) in [5.74, 6) is 6.89. The van der Waals surface area contributed by atoms with Gasteiger partial charge in [-0.15, -0.1) is 0 Å². The van der Waals surface area contributed by atoms with Gasteiger partial charge in [0.15, 0.2) is 0 Å². The Bertz CT molecular complexity index is 738. The highest BCUT2D eigenvalue weighted by molar-refractivity contribution is 5.93. The first-order chi connectivity index (χ1) is 13.6. The lowest BCUT2D eigenvalue weighted by Gasteiger charge is -2.36. The van der Waals surface area contributed by atoms with Crippen LogP contribution < -0.4 is 10.2 Å². The lowest BCUT2D eigenvalue weighted by Crippen LogP contribution is -2.40. The van der Waals surface area contributed by atoms with E-state index in [1.54, 1.807) is 0 Å². The molecule has 0 amide bonds. The van der Waals surface area contributed by atoms with Crippen LogP contribution in [0, 0.1) is 24.7 Å². The van der Waals surface area contributed by atoms with E-state index in [0.717, 1.165) is 75.3 Å². The number of piperidine rings is 1. The second kappa shape index (κ2) is 9.95. The van der Waals surface area contributed by atoms with Gasteiger partial charge >= 0.3 is 5.97 Å². The second-order valence-electron chi connectivity index (χ2n) is 7.58. The van der Waals surface area contributed by atoms with Crippen LogP contribution in [0.5, 0.6) is 0 Å². The molecule has 0 aliphatic carbocycles. The molecule has 1 aromatic carbocycles. The number of ether oxygens (including phenoxy) is 2. The summed E-state index contributed by atoms with van der Waals surface area (Å²) < 4.78 is 10.6. The molecule has 3 rings (SSSR count). The maximum absolute atomic E-state index is 12.4. The number of nitrogens with zero attached hydrogens (tertiary/aromatic N) is 1. The fourth-order valence-corrected chi connectivity index (χ4v) is 4.17. The fraction of sp³-hybridized carbons (Fsp3) is 0.609. The molecule has 0 radical (unpaired) electrons. The molecule has 152 valence electrons. The van der Waals surface area contributed by atoms with Crippen molar-refractivity contribution in [3.8, 4) is 11.8 Å². The highest BCUT2D eigenvalue weighted by atomic mass is 16.5. The van der Waals surface area contributed by atoms with Crippen molar-refractivity contribution in [2.45, 2.75) is 45.6 Å². The highest BCUT2D eigenvalue weighted by Gasteiger charge is 2.24. The van der Waals surface area contributed by atoms with Crippen LogP contribution in [0.25, 0.3) is 0 Å². The maximum atomic E-state index is 12.4. The standard InChI is InChI=1S/C23H32N2O3/c1-4-25(20-9-13-28-14-10-20)22-16-19(6-5-18-7-11-24-12-8-18)15-21(17(22)2)23(26)27-3/h15-16,18,20,24H,4,7-14H2,1-3H3. The molecule has 2 heterocycles. The summed E-state index contributed by atoms with van der Waals surface area (Å²) in [7, 11) is 1.44. The Hall–Kier alpha value is -2.03. The monoisotopic (exact) mass is 384 g/mol. The van der Waals surface area contributed by atoms with Gasteiger partial charge in [0, 0.05) is 43.0 Å². The molecule has 0 bridgehead atoms. The molecule has 0 aromatic heterocycles. The third-order valence-electron chi connectivity index (χ3n) is 5.83. The average Bonchev–Trinajstić information content (AvgIpc) is 2.75. The summed E-state index contributed by atoms with van der Waals surface area (Å²) in [6, 6.07) is 4.46. The van der Waals surface area contributed by atoms with E-state index < -0.39 is 0 Å². The Morgan fingerprint density at radius 2 is 1.96 bits per heavy atom. The Balaban J connectivity index is 1.97. The third kappa shape index (κ3) is 4.87. The molecular formula is C23H32N2O3. The van der Waals surface area contributed by atoms with Gasteiger partial charge in [-0.05, 0) is 70.3 Å². The van der Waals surface area contributed by atoms with E-state index in [4.69, 9.17) is 9.47 Å². The summed E-state index contributed by atoms with van der Waals surface area (Å²) in [4.78, 5) is 14.8. The predicted molar refractivity (Wildman–Crippen MR) is 112 cm³/mol. The number of rotatable bonds is 4. The highest BCUT2D eigenvalue weighted by Crippen LogP contribution is 2.30. The molecule has 1 N–H and O–H groups in total. The van der Waals surface area contributed by atoms with E-state index in [1.807, 2.05) is 13.0 Å². The molecule has 2 aliphatic heterocycles. The summed E-state index contributed by atoms with van der Waals surface area (Å²) in [5, 5.41) is 3.37. The number of carbonyl (C=O) groups excluding carboxylic acids is 1. The number of hydrogen-bond acceptors (Lipinski definition) is 5.